The summed E-state index contributed by atoms with van der Waals surface area (Å²) in [6.07, 6.45) is 4.60. The van der Waals surface area contributed by atoms with Crippen LogP contribution in [0.3, 0.4) is 0 Å². The summed E-state index contributed by atoms with van der Waals surface area (Å²) in [5.41, 5.74) is 6.58. The number of nitrogens with zero attached hydrogens (tertiary/aromatic N) is 1. The van der Waals surface area contributed by atoms with Gasteiger partial charge in [0.15, 0.2) is 11.7 Å². The van der Waals surface area contributed by atoms with E-state index in [-0.39, 0.29) is 63.2 Å². The number of allylic oxidation sites excluding steroid dienone is 6. The fourth-order valence-electron chi connectivity index (χ4n) is 9.01. The molecule has 17 nitrogen and oxygen atoms in total. The molecule has 1 fully saturated rings. The first-order valence-corrected chi connectivity index (χ1v) is 25.6. The van der Waals surface area contributed by atoms with Crippen molar-refractivity contribution >= 4 is 11.9 Å². The minimum absolute atomic E-state index is 0.0243. The zero-order chi connectivity index (χ0) is 52.7. The van der Waals surface area contributed by atoms with E-state index in [2.05, 4.69) is 29.4 Å². The molecule has 404 valence electrons. The number of esters is 1. The number of aliphatic hydroxyl groups excluding tert-OH is 10. The van der Waals surface area contributed by atoms with Crippen molar-refractivity contribution in [2.24, 2.45) is 40.3 Å². The lowest BCUT2D eigenvalue weighted by Crippen LogP contribution is -2.59. The smallest absolute Gasteiger partial charge is 0.334 e. The first-order valence-electron chi connectivity index (χ1n) is 25.6. The van der Waals surface area contributed by atoms with Gasteiger partial charge in [0, 0.05) is 62.6 Å². The molecule has 1 saturated heterocycles. The highest BCUT2D eigenvalue weighted by Gasteiger charge is 2.50. The predicted molar refractivity (Wildman–Crippen MR) is 271 cm³/mol. The molecule has 0 saturated carbocycles. The minimum Gasteiger partial charge on any atom is -0.458 e. The number of unbranched alkanes of at least 4 members (excludes halogenated alkanes) is 2. The maximum absolute atomic E-state index is 13.6. The van der Waals surface area contributed by atoms with Gasteiger partial charge in [0.2, 0.25) is 0 Å². The third kappa shape index (κ3) is 22.8. The molecule has 14 N–H and O–H groups in total. The minimum atomic E-state index is -2.38. The molecule has 0 amide bonds. The number of hydrogen-bond acceptors (Lipinski definition) is 15. The Balaban J connectivity index is 2.32. The number of carbonyl (C=O) groups is 1. The molecule has 2 bridgehead atoms. The average Bonchev–Trinajstić information content (AvgIpc) is 3.29. The van der Waals surface area contributed by atoms with E-state index in [9.17, 15) is 61.0 Å². The second kappa shape index (κ2) is 32.2. The van der Waals surface area contributed by atoms with Crippen molar-refractivity contribution in [2.75, 3.05) is 13.6 Å². The van der Waals surface area contributed by atoms with Crippen molar-refractivity contribution in [1.29, 1.82) is 0 Å². The Kier molecular flexibility index (Phi) is 29.0. The zero-order valence-corrected chi connectivity index (χ0v) is 43.2. The molecule has 2 rings (SSSR count). The molecular formula is C53H93N3O14. The second-order valence-electron chi connectivity index (χ2n) is 20.6. The monoisotopic (exact) mass is 996 g/mol. The van der Waals surface area contributed by atoms with Gasteiger partial charge >= 0.3 is 5.97 Å². The van der Waals surface area contributed by atoms with E-state index in [0.29, 0.717) is 17.1 Å². The van der Waals surface area contributed by atoms with Crippen molar-refractivity contribution in [3.05, 3.63) is 59.8 Å². The van der Waals surface area contributed by atoms with Gasteiger partial charge in [-0.25, -0.2) is 4.79 Å². The van der Waals surface area contributed by atoms with Crippen LogP contribution in [0, 0.1) is 29.6 Å². The summed E-state index contributed by atoms with van der Waals surface area (Å²) < 4.78 is 12.0. The van der Waals surface area contributed by atoms with Crippen molar-refractivity contribution in [3.8, 4) is 0 Å². The van der Waals surface area contributed by atoms with E-state index < -0.39 is 109 Å². The van der Waals surface area contributed by atoms with Crippen molar-refractivity contribution in [3.63, 3.8) is 0 Å². The van der Waals surface area contributed by atoms with Crippen LogP contribution in [0.15, 0.2) is 64.7 Å². The Morgan fingerprint density at radius 2 is 1.37 bits per heavy atom. The van der Waals surface area contributed by atoms with Gasteiger partial charge in [-0.15, -0.1) is 0 Å². The summed E-state index contributed by atoms with van der Waals surface area (Å²) >= 11 is 0. The Hall–Kier alpha value is -3.04. The quantitative estimate of drug-likeness (QED) is 0.0518. The number of aliphatic hydroxyl groups is 11. The lowest BCUT2D eigenvalue weighted by atomic mass is 9.84. The number of hydrogen-bond donors (Lipinski definition) is 13. The summed E-state index contributed by atoms with van der Waals surface area (Å²) in [6, 6.07) is 0. The number of nitrogens with two attached hydrogens (primary N) is 1. The molecular weight excluding hydrogens is 903 g/mol. The number of rotatable bonds is 9. The van der Waals surface area contributed by atoms with Crippen molar-refractivity contribution < 1.29 is 70.4 Å². The van der Waals surface area contributed by atoms with Crippen LogP contribution < -0.4 is 11.1 Å². The van der Waals surface area contributed by atoms with E-state index in [1.54, 1.807) is 72.0 Å². The van der Waals surface area contributed by atoms with Gasteiger partial charge in [0.25, 0.3) is 0 Å². The highest BCUT2D eigenvalue weighted by molar-refractivity contribution is 5.88. The largest absolute Gasteiger partial charge is 0.458 e. The Labute approximate surface area is 417 Å². The Morgan fingerprint density at radius 1 is 0.771 bits per heavy atom. The third-order valence-electron chi connectivity index (χ3n) is 14.2. The molecule has 2 aliphatic rings. The maximum atomic E-state index is 13.6. The summed E-state index contributed by atoms with van der Waals surface area (Å²) in [4.78, 5) is 17.4. The second-order valence-corrected chi connectivity index (χ2v) is 20.6. The fourth-order valence-corrected chi connectivity index (χ4v) is 9.01. The van der Waals surface area contributed by atoms with Gasteiger partial charge < -0.3 is 76.7 Å². The molecule has 18 unspecified atom stereocenters. The van der Waals surface area contributed by atoms with E-state index in [1.165, 1.54) is 0 Å². The van der Waals surface area contributed by atoms with Crippen LogP contribution in [0.2, 0.25) is 0 Å². The lowest BCUT2D eigenvalue weighted by Gasteiger charge is -2.45. The maximum Gasteiger partial charge on any atom is 0.334 e. The van der Waals surface area contributed by atoms with Crippen LogP contribution in [0.25, 0.3) is 0 Å². The summed E-state index contributed by atoms with van der Waals surface area (Å²) in [7, 11) is 1.63. The standard InChI is InChI=1S/C53H93N3O14/c1-32-18-15-20-36(5)49(35(4)17-13-11-9-10-12-14-24-56-52(54)55-8)69-51(67)37(6)21-16-19-33(2)45(62)30-46(63)38(7)43(60)23-22-34(3)48(65)31-53(68)50(66)47(64)29-42(70-53)27-40(58)25-39(57)26-41(59)28-44(32)61/h9-10,15-16,18-21,33-36,38-50,57-66,68H,11-14,17,22-31H2,1-8H3,(H3,54,55,56)/b10-9+,19-16+,20-15+,32-18+,37-21+. The number of ether oxygens (including phenoxy) is 2. The fraction of sp³-hybridized carbons (Fsp3) is 0.774. The summed E-state index contributed by atoms with van der Waals surface area (Å²) in [6.45, 7) is 13.2. The van der Waals surface area contributed by atoms with E-state index >= 15 is 0 Å². The van der Waals surface area contributed by atoms with Gasteiger partial charge in [-0.1, -0.05) is 83.2 Å². The molecule has 0 aromatic heterocycles. The molecule has 2 aliphatic heterocycles. The number of guanidine groups is 1. The molecule has 0 radical (unpaired) electrons. The van der Waals surface area contributed by atoms with Crippen LogP contribution in [-0.4, -0.2) is 161 Å². The van der Waals surface area contributed by atoms with Gasteiger partial charge in [0.1, 0.15) is 12.2 Å². The SMILES string of the molecule is CN=C(N)NCCC/C=C/CCCC(C)C1OC(=O)/C(C)=C/C=C/C(C)C(O)CC(O)C(C)C(O)CCC(C)C(O)CC2(O)OC(CC(O)CC(O)CC(O)CC(O)/C(C)=C/C=C/C1C)CC(O)C2O. The highest BCUT2D eigenvalue weighted by Crippen LogP contribution is 2.36. The van der Waals surface area contributed by atoms with Gasteiger partial charge in [-0.3, -0.25) is 4.99 Å². The summed E-state index contributed by atoms with van der Waals surface area (Å²) in [5.74, 6) is -4.34. The van der Waals surface area contributed by atoms with Gasteiger partial charge in [0.05, 0.1) is 61.0 Å². The average molecular weight is 996 g/mol. The van der Waals surface area contributed by atoms with Crippen LogP contribution in [0.5, 0.6) is 0 Å². The number of aliphatic imine (C=N–C) groups is 1. The molecule has 0 aromatic carbocycles. The van der Waals surface area contributed by atoms with Gasteiger partial charge in [-0.2, -0.15) is 0 Å². The van der Waals surface area contributed by atoms with Crippen LogP contribution >= 0.6 is 0 Å². The normalized spacial score (nSPS) is 40.4. The number of nitrogens with one attached hydrogen (secondary N) is 1. The zero-order valence-electron chi connectivity index (χ0n) is 43.2. The lowest BCUT2D eigenvalue weighted by molar-refractivity contribution is -0.333. The van der Waals surface area contributed by atoms with E-state index in [1.807, 2.05) is 13.0 Å². The molecule has 18 atom stereocenters. The molecule has 0 spiro atoms. The summed E-state index contributed by atoms with van der Waals surface area (Å²) in [5, 5.41) is 123. The Morgan fingerprint density at radius 3 is 2.03 bits per heavy atom. The third-order valence-corrected chi connectivity index (χ3v) is 14.2. The molecule has 0 aromatic rings. The van der Waals surface area contributed by atoms with Crippen LogP contribution in [0.1, 0.15) is 138 Å². The molecule has 0 aliphatic carbocycles. The predicted octanol–water partition coefficient (Wildman–Crippen LogP) is 3.35. The molecule has 70 heavy (non-hydrogen) atoms. The first kappa shape index (κ1) is 63.1. The van der Waals surface area contributed by atoms with Crippen molar-refractivity contribution in [1.82, 2.24) is 5.32 Å². The van der Waals surface area contributed by atoms with Crippen molar-refractivity contribution in [2.45, 2.75) is 217 Å². The number of carbonyl (C=O) groups excluding carboxylic acids is 1. The van der Waals surface area contributed by atoms with Gasteiger partial charge in [-0.05, 0) is 95.5 Å². The number of fused-ring (bicyclic) bond motifs is 2. The number of cyclic esters (lactones) is 1. The molecule has 17 heteroatoms. The van der Waals surface area contributed by atoms with Crippen LogP contribution in [-0.2, 0) is 14.3 Å². The Bertz CT molecular complexity index is 1690. The van der Waals surface area contributed by atoms with E-state index in [4.69, 9.17) is 15.2 Å². The first-order chi connectivity index (χ1) is 32.9. The van der Waals surface area contributed by atoms with Crippen LogP contribution in [0.4, 0.5) is 0 Å². The topological polar surface area (TPSA) is 308 Å². The highest BCUT2D eigenvalue weighted by atomic mass is 16.7. The molecule has 2 heterocycles. The van der Waals surface area contributed by atoms with E-state index in [0.717, 1.165) is 38.6 Å².